The molecule has 0 saturated heterocycles. The van der Waals surface area contributed by atoms with Gasteiger partial charge in [-0.3, -0.25) is 0 Å². The van der Waals surface area contributed by atoms with Crippen LogP contribution in [0.15, 0.2) is 38.5 Å². The Labute approximate surface area is 201 Å². The molecule has 8 heteroatoms. The average Bonchev–Trinajstić information content (AvgIpc) is 3.50. The summed E-state index contributed by atoms with van der Waals surface area (Å²) in [4.78, 5) is 13.0. The van der Waals surface area contributed by atoms with E-state index in [1.54, 1.807) is 6.92 Å². The van der Waals surface area contributed by atoms with E-state index in [0.29, 0.717) is 17.2 Å². The quantitative estimate of drug-likeness (QED) is 0.560. The molecular weight excluding hydrogens is 452 g/mol. The summed E-state index contributed by atoms with van der Waals surface area (Å²) in [6.07, 6.45) is 12.1. The fourth-order valence-corrected chi connectivity index (χ4v) is 8.34. The molecule has 6 aliphatic rings. The van der Waals surface area contributed by atoms with E-state index in [9.17, 15) is 18.3 Å². The fraction of sp³-hybridized carbons (Fsp3) is 0.654. The summed E-state index contributed by atoms with van der Waals surface area (Å²) in [6.45, 7) is 3.94. The normalized spacial score (nSPS) is 36.4. The van der Waals surface area contributed by atoms with Crippen LogP contribution >= 0.6 is 0 Å². The van der Waals surface area contributed by atoms with Crippen molar-refractivity contribution in [3.63, 3.8) is 0 Å². The summed E-state index contributed by atoms with van der Waals surface area (Å²) in [5.41, 5.74) is 2.65. The molecule has 2 amide bonds. The minimum atomic E-state index is -4.22. The molecule has 7 nitrogen and oxygen atoms in total. The minimum Gasteiger partial charge on any atom is -0.447 e. The van der Waals surface area contributed by atoms with Gasteiger partial charge in [-0.2, -0.15) is 8.42 Å². The third kappa shape index (κ3) is 3.24. The Morgan fingerprint density at radius 2 is 1.88 bits per heavy atom. The second-order valence-electron chi connectivity index (χ2n) is 11.4. The molecule has 1 aromatic rings. The van der Waals surface area contributed by atoms with Crippen molar-refractivity contribution in [1.82, 2.24) is 10.0 Å². The molecule has 7 rings (SSSR count). The molecule has 0 aliphatic heterocycles. The van der Waals surface area contributed by atoms with Crippen LogP contribution < -0.4 is 10.0 Å². The van der Waals surface area contributed by atoms with Crippen molar-refractivity contribution in [3.05, 3.63) is 40.3 Å². The smallest absolute Gasteiger partial charge is 0.332 e. The maximum absolute atomic E-state index is 13.2. The number of allylic oxidation sites excluding steroid dienone is 4. The predicted molar refractivity (Wildman–Crippen MR) is 126 cm³/mol. The van der Waals surface area contributed by atoms with Gasteiger partial charge in [0.25, 0.3) is 10.0 Å². The Morgan fingerprint density at radius 1 is 1.12 bits per heavy atom. The van der Waals surface area contributed by atoms with Gasteiger partial charge in [0.15, 0.2) is 0 Å². The van der Waals surface area contributed by atoms with E-state index in [-0.39, 0.29) is 22.3 Å². The van der Waals surface area contributed by atoms with Crippen LogP contribution in [0, 0.1) is 17.3 Å². The van der Waals surface area contributed by atoms with Gasteiger partial charge >= 0.3 is 6.03 Å². The van der Waals surface area contributed by atoms with E-state index in [1.165, 1.54) is 17.2 Å². The number of sulfonamides is 1. The summed E-state index contributed by atoms with van der Waals surface area (Å²) in [5.74, 6) is 1.14. The van der Waals surface area contributed by atoms with Gasteiger partial charge < -0.3 is 14.8 Å². The van der Waals surface area contributed by atoms with Crippen LogP contribution in [0.3, 0.4) is 0 Å². The third-order valence-electron chi connectivity index (χ3n) is 9.47. The topological polar surface area (TPSA) is 109 Å². The molecular formula is C26H34N2O5S. The van der Waals surface area contributed by atoms with Crippen LogP contribution in [0.25, 0.3) is 0 Å². The highest BCUT2D eigenvalue weighted by molar-refractivity contribution is 7.89. The number of fused-ring (bicyclic) bond motifs is 4. The summed E-state index contributed by atoms with van der Waals surface area (Å²) < 4.78 is 34.4. The lowest BCUT2D eigenvalue weighted by atomic mass is 9.70. The largest absolute Gasteiger partial charge is 0.447 e. The highest BCUT2D eigenvalue weighted by atomic mass is 32.2. The number of hydrogen-bond donors (Lipinski definition) is 3. The summed E-state index contributed by atoms with van der Waals surface area (Å²) in [6, 6.07) is 0.679. The first-order chi connectivity index (χ1) is 16.1. The molecule has 3 fully saturated rings. The molecule has 184 valence electrons. The molecule has 6 aliphatic carbocycles. The van der Waals surface area contributed by atoms with E-state index in [4.69, 9.17) is 4.42 Å². The molecule has 0 spiro atoms. The zero-order chi connectivity index (χ0) is 23.9. The summed E-state index contributed by atoms with van der Waals surface area (Å²) in [7, 11) is -4.22. The second-order valence-corrected chi connectivity index (χ2v) is 13.0. The number of urea groups is 1. The van der Waals surface area contributed by atoms with Gasteiger partial charge in [0.2, 0.25) is 5.09 Å². The van der Waals surface area contributed by atoms with Gasteiger partial charge in [-0.05, 0) is 87.7 Å². The maximum atomic E-state index is 13.2. The number of aliphatic hydroxyl groups is 1. The van der Waals surface area contributed by atoms with E-state index in [1.807, 2.05) is 0 Å². The lowest BCUT2D eigenvalue weighted by Crippen LogP contribution is -2.44. The van der Waals surface area contributed by atoms with Crippen molar-refractivity contribution >= 4 is 16.1 Å². The molecule has 3 saturated carbocycles. The number of amides is 2. The summed E-state index contributed by atoms with van der Waals surface area (Å²) in [5, 5.41) is 13.9. The SMILES string of the molecule is CC12CCCC1C=C1CCCC1=C2NC(=O)NS(=O)(=O)c1cc2c(o1)C1CCC(CC1)C2(C)O. The molecule has 3 unspecified atom stereocenters. The lowest BCUT2D eigenvalue weighted by Gasteiger charge is -2.38. The molecule has 2 bridgehead atoms. The molecule has 34 heavy (non-hydrogen) atoms. The zero-order valence-corrected chi connectivity index (χ0v) is 20.8. The van der Waals surface area contributed by atoms with Crippen molar-refractivity contribution in [3.8, 4) is 0 Å². The number of nitrogens with one attached hydrogen (secondary N) is 2. The van der Waals surface area contributed by atoms with E-state index >= 15 is 0 Å². The van der Waals surface area contributed by atoms with Gasteiger partial charge in [-0.1, -0.05) is 19.4 Å². The van der Waals surface area contributed by atoms with Crippen molar-refractivity contribution < 1.29 is 22.7 Å². The monoisotopic (exact) mass is 486 g/mol. The van der Waals surface area contributed by atoms with E-state index < -0.39 is 21.7 Å². The van der Waals surface area contributed by atoms with Gasteiger partial charge in [-0.15, -0.1) is 0 Å². The fourth-order valence-electron chi connectivity index (χ4n) is 7.48. The van der Waals surface area contributed by atoms with Gasteiger partial charge in [-0.25, -0.2) is 9.52 Å². The third-order valence-corrected chi connectivity index (χ3v) is 10.7. The van der Waals surface area contributed by atoms with Crippen LogP contribution in [0.5, 0.6) is 0 Å². The van der Waals surface area contributed by atoms with Crippen LogP contribution in [0.4, 0.5) is 4.79 Å². The maximum Gasteiger partial charge on any atom is 0.332 e. The Kier molecular flexibility index (Phi) is 4.92. The molecule has 3 atom stereocenters. The first kappa shape index (κ1) is 22.4. The molecule has 3 N–H and O–H groups in total. The van der Waals surface area contributed by atoms with Crippen molar-refractivity contribution in [2.24, 2.45) is 17.3 Å². The van der Waals surface area contributed by atoms with Crippen LogP contribution in [0.2, 0.25) is 0 Å². The van der Waals surface area contributed by atoms with Crippen LogP contribution in [-0.4, -0.2) is 19.6 Å². The number of carbonyl (C=O) groups excluding carboxylic acids is 1. The summed E-state index contributed by atoms with van der Waals surface area (Å²) >= 11 is 0. The Balaban J connectivity index is 1.27. The number of hydrogen-bond acceptors (Lipinski definition) is 5. The Morgan fingerprint density at radius 3 is 2.65 bits per heavy atom. The van der Waals surface area contributed by atoms with Crippen LogP contribution in [0.1, 0.15) is 95.3 Å². The highest BCUT2D eigenvalue weighted by Gasteiger charge is 2.48. The molecule has 0 aromatic carbocycles. The first-order valence-electron chi connectivity index (χ1n) is 12.7. The Bertz CT molecular complexity index is 1220. The molecule has 1 aromatic heterocycles. The van der Waals surface area contributed by atoms with Crippen molar-refractivity contribution in [2.45, 2.75) is 94.7 Å². The number of carbonyl (C=O) groups is 1. The number of furan rings is 1. The van der Waals surface area contributed by atoms with E-state index in [2.05, 4.69) is 23.0 Å². The number of rotatable bonds is 3. The predicted octanol–water partition coefficient (Wildman–Crippen LogP) is 4.95. The standard InChI is InChI=1S/C26H34N2O5S/c1-25-12-4-6-18(25)13-16-5-3-7-19(16)23(25)27-24(29)28-34(31,32)21-14-20-22(33-21)15-8-10-17(11-9-15)26(20,2)30/h13-15,17-18,30H,3-12H2,1-2H3,(H2,27,28,29). The van der Waals surface area contributed by atoms with Crippen molar-refractivity contribution in [1.29, 1.82) is 0 Å². The zero-order valence-electron chi connectivity index (χ0n) is 19.9. The van der Waals surface area contributed by atoms with Gasteiger partial charge in [0.1, 0.15) is 5.76 Å². The highest BCUT2D eigenvalue weighted by Crippen LogP contribution is 2.55. The molecule has 1 heterocycles. The van der Waals surface area contributed by atoms with Gasteiger partial charge in [0, 0.05) is 28.7 Å². The lowest BCUT2D eigenvalue weighted by molar-refractivity contribution is -0.0159. The average molecular weight is 487 g/mol. The van der Waals surface area contributed by atoms with E-state index in [0.717, 1.165) is 69.9 Å². The van der Waals surface area contributed by atoms with Gasteiger partial charge in [0.05, 0.1) is 5.60 Å². The van der Waals surface area contributed by atoms with Crippen LogP contribution in [-0.2, 0) is 15.6 Å². The minimum absolute atomic E-state index is 0.0860. The van der Waals surface area contributed by atoms with Crippen molar-refractivity contribution in [2.75, 3.05) is 0 Å². The first-order valence-corrected chi connectivity index (χ1v) is 14.2. The molecule has 0 radical (unpaired) electrons. The second kappa shape index (κ2) is 7.47. The Hall–Kier alpha value is -2.06.